The minimum Gasteiger partial charge on any atom is -0.485 e. The van der Waals surface area contributed by atoms with Gasteiger partial charge in [-0.05, 0) is 37.4 Å². The van der Waals surface area contributed by atoms with Crippen molar-refractivity contribution in [3.63, 3.8) is 0 Å². The highest BCUT2D eigenvalue weighted by molar-refractivity contribution is 5.86. The van der Waals surface area contributed by atoms with Crippen molar-refractivity contribution in [2.45, 2.75) is 57.5 Å². The number of aromatic amines is 1. The van der Waals surface area contributed by atoms with Gasteiger partial charge >= 0.3 is 12.8 Å². The highest BCUT2D eigenvalue weighted by Gasteiger charge is 2.39. The molecule has 2 N–H and O–H groups in total. The molecule has 0 aliphatic rings. The molecule has 0 aliphatic heterocycles. The maximum atomic E-state index is 15.1. The number of fused-ring (bicyclic) bond motifs is 1. The van der Waals surface area contributed by atoms with Crippen LogP contribution in [0.5, 0.6) is 5.75 Å². The number of nitrogens with one attached hydrogen (secondary N) is 1. The van der Waals surface area contributed by atoms with Crippen molar-refractivity contribution >= 4 is 10.8 Å². The molecule has 4 rings (SSSR count). The van der Waals surface area contributed by atoms with Crippen LogP contribution in [-0.2, 0) is 23.1 Å². The van der Waals surface area contributed by atoms with E-state index in [9.17, 15) is 36.6 Å². The van der Waals surface area contributed by atoms with Crippen LogP contribution in [0, 0.1) is 5.82 Å². The first-order chi connectivity index (χ1) is 20.5. The Morgan fingerprint density at radius 3 is 2.36 bits per heavy atom. The van der Waals surface area contributed by atoms with Crippen LogP contribution in [0.2, 0.25) is 0 Å². The molecule has 0 aliphatic carbocycles. The summed E-state index contributed by atoms with van der Waals surface area (Å²) >= 11 is 0. The largest absolute Gasteiger partial charge is 0.485 e. The lowest BCUT2D eigenvalue weighted by Gasteiger charge is -2.22. The number of hydrogen-bond acceptors (Lipinski definition) is 8. The molecule has 44 heavy (non-hydrogen) atoms. The van der Waals surface area contributed by atoms with Gasteiger partial charge in [-0.3, -0.25) is 9.59 Å². The lowest BCUT2D eigenvalue weighted by atomic mass is 10.0. The molecule has 0 radical (unpaired) electrons. The first-order valence-corrected chi connectivity index (χ1v) is 12.8. The Kier molecular flexibility index (Phi) is 9.39. The Bertz CT molecular complexity index is 1740. The average molecular weight is 632 g/mol. The molecular weight excluding hydrogens is 607 g/mol. The maximum absolute atomic E-state index is 15.1. The molecule has 4 aromatic rings. The van der Waals surface area contributed by atoms with Crippen molar-refractivity contribution in [2.24, 2.45) is 0 Å². The van der Waals surface area contributed by atoms with Crippen molar-refractivity contribution < 1.29 is 45.3 Å². The average Bonchev–Trinajstić information content (AvgIpc) is 2.92. The maximum Gasteiger partial charge on any atom is 0.425 e. The van der Waals surface area contributed by atoms with E-state index in [0.29, 0.717) is 11.8 Å². The molecular formula is C27H24F7N5O5. The van der Waals surface area contributed by atoms with Crippen LogP contribution in [-0.4, -0.2) is 55.3 Å². The number of benzene rings is 1. The number of hydrogen-bond donors (Lipinski definition) is 2. The molecule has 0 bridgehead atoms. The number of aliphatic hydroxyl groups is 1. The summed E-state index contributed by atoms with van der Waals surface area (Å²) < 4.78 is 106. The fourth-order valence-corrected chi connectivity index (χ4v) is 4.23. The third-order valence-corrected chi connectivity index (χ3v) is 6.38. The summed E-state index contributed by atoms with van der Waals surface area (Å²) in [4.78, 5) is 32.9. The van der Waals surface area contributed by atoms with Gasteiger partial charge < -0.3 is 19.1 Å². The lowest BCUT2D eigenvalue weighted by Crippen LogP contribution is -2.33. The molecule has 0 spiro atoms. The van der Waals surface area contributed by atoms with E-state index in [1.54, 1.807) is 5.10 Å². The summed E-state index contributed by atoms with van der Waals surface area (Å²) in [7, 11) is 0. The SMILES string of the molecule is CC(C)(O)c1cnc(-c2cc3ccn(C[C@H](F)C[C@H](COC(F)F)Oc4cn[nH]c(=O)c4C(F)(F)F)c(=O)c3cc2F)nc1. The third-order valence-electron chi connectivity index (χ3n) is 6.38. The Morgan fingerprint density at radius 1 is 1.07 bits per heavy atom. The minimum atomic E-state index is -5.21. The molecule has 0 unspecified atom stereocenters. The van der Waals surface area contributed by atoms with Gasteiger partial charge in [0.25, 0.3) is 11.1 Å². The van der Waals surface area contributed by atoms with Crippen LogP contribution >= 0.6 is 0 Å². The molecule has 0 fully saturated rings. The van der Waals surface area contributed by atoms with Crippen molar-refractivity contribution in [3.05, 3.63) is 80.6 Å². The second-order valence-electron chi connectivity index (χ2n) is 10.1. The number of aromatic nitrogens is 5. The molecule has 0 amide bonds. The smallest absolute Gasteiger partial charge is 0.425 e. The van der Waals surface area contributed by atoms with E-state index in [4.69, 9.17) is 4.74 Å². The Hall–Kier alpha value is -4.38. The number of ether oxygens (including phenoxy) is 2. The standard InChI is InChI=1S/C27H24F7N5O5/c1-26(2,42)14-8-35-22(36-9-14)18-5-13-3-4-39(24(41)17(13)7-19(18)29)11-15(28)6-16(12-43-25(30)31)44-20-10-37-38-23(40)21(20)27(32,33)34/h3-5,7-10,15-16,25,42H,6,11-12H2,1-2H3,(H,38,40)/t15-,16-/m1/s1. The van der Waals surface area contributed by atoms with Gasteiger partial charge in [0.2, 0.25) is 0 Å². The normalized spacial score (nSPS) is 13.8. The van der Waals surface area contributed by atoms with Gasteiger partial charge in [0, 0.05) is 30.6 Å². The summed E-state index contributed by atoms with van der Waals surface area (Å²) in [5.41, 5.74) is -5.20. The molecule has 236 valence electrons. The van der Waals surface area contributed by atoms with Crippen molar-refractivity contribution in [1.29, 1.82) is 0 Å². The highest BCUT2D eigenvalue weighted by Crippen LogP contribution is 2.33. The monoisotopic (exact) mass is 631 g/mol. The quantitative estimate of drug-likeness (QED) is 0.234. The first kappa shape index (κ1) is 32.5. The predicted molar refractivity (Wildman–Crippen MR) is 140 cm³/mol. The van der Waals surface area contributed by atoms with E-state index in [1.165, 1.54) is 44.6 Å². The van der Waals surface area contributed by atoms with Crippen LogP contribution in [0.4, 0.5) is 30.7 Å². The summed E-state index contributed by atoms with van der Waals surface area (Å²) in [5, 5.41) is 14.9. The van der Waals surface area contributed by atoms with E-state index in [-0.39, 0.29) is 22.2 Å². The van der Waals surface area contributed by atoms with Crippen LogP contribution in [0.1, 0.15) is 31.4 Å². The van der Waals surface area contributed by atoms with Gasteiger partial charge in [0.05, 0.1) is 35.9 Å². The molecule has 3 aromatic heterocycles. The molecule has 2 atom stereocenters. The lowest BCUT2D eigenvalue weighted by molar-refractivity contribution is -0.151. The number of alkyl halides is 6. The van der Waals surface area contributed by atoms with Crippen LogP contribution in [0.25, 0.3) is 22.2 Å². The Morgan fingerprint density at radius 2 is 1.75 bits per heavy atom. The van der Waals surface area contributed by atoms with Gasteiger partial charge in [-0.2, -0.15) is 27.1 Å². The van der Waals surface area contributed by atoms with Crippen molar-refractivity contribution in [2.75, 3.05) is 6.61 Å². The van der Waals surface area contributed by atoms with Crippen molar-refractivity contribution in [1.82, 2.24) is 24.7 Å². The minimum absolute atomic E-state index is 0.0215. The molecule has 3 heterocycles. The second-order valence-corrected chi connectivity index (χ2v) is 10.1. The molecule has 0 saturated heterocycles. The topological polar surface area (TPSA) is 132 Å². The fraction of sp³-hybridized carbons (Fsp3) is 0.370. The zero-order valence-corrected chi connectivity index (χ0v) is 22.9. The summed E-state index contributed by atoms with van der Waals surface area (Å²) in [5.74, 6) is -2.03. The van der Waals surface area contributed by atoms with Gasteiger partial charge in [0.1, 0.15) is 18.1 Å². The Balaban J connectivity index is 1.57. The predicted octanol–water partition coefficient (Wildman–Crippen LogP) is 4.34. The van der Waals surface area contributed by atoms with E-state index in [1.807, 2.05) is 0 Å². The number of nitrogens with zero attached hydrogens (tertiary/aromatic N) is 4. The highest BCUT2D eigenvalue weighted by atomic mass is 19.4. The second kappa shape index (κ2) is 12.7. The zero-order valence-electron chi connectivity index (χ0n) is 22.9. The van der Waals surface area contributed by atoms with Crippen LogP contribution < -0.4 is 15.9 Å². The van der Waals surface area contributed by atoms with Gasteiger partial charge in [-0.1, -0.05) is 0 Å². The number of H-pyrrole nitrogens is 1. The van der Waals surface area contributed by atoms with Gasteiger partial charge in [-0.15, -0.1) is 0 Å². The van der Waals surface area contributed by atoms with Crippen LogP contribution in [0.3, 0.4) is 0 Å². The number of rotatable bonds is 11. The van der Waals surface area contributed by atoms with E-state index < -0.39 is 78.5 Å². The molecule has 0 saturated carbocycles. The van der Waals surface area contributed by atoms with Crippen molar-refractivity contribution in [3.8, 4) is 17.1 Å². The number of halogens is 7. The molecule has 17 heteroatoms. The van der Waals surface area contributed by atoms with Crippen LogP contribution in [0.15, 0.2) is 52.6 Å². The van der Waals surface area contributed by atoms with Gasteiger partial charge in [-0.25, -0.2) is 23.8 Å². The first-order valence-electron chi connectivity index (χ1n) is 12.8. The summed E-state index contributed by atoms with van der Waals surface area (Å²) in [6, 6.07) is 3.59. The molecule has 10 nitrogen and oxygen atoms in total. The van der Waals surface area contributed by atoms with E-state index >= 15 is 8.78 Å². The van der Waals surface area contributed by atoms with Gasteiger partial charge in [0.15, 0.2) is 17.1 Å². The Labute approximate surface area is 243 Å². The van der Waals surface area contributed by atoms with E-state index in [2.05, 4.69) is 19.8 Å². The summed E-state index contributed by atoms with van der Waals surface area (Å²) in [6.45, 7) is -2.11. The third kappa shape index (κ3) is 7.57. The molecule has 1 aromatic carbocycles. The fourth-order valence-electron chi connectivity index (χ4n) is 4.23. The number of pyridine rings is 1. The van der Waals surface area contributed by atoms with E-state index in [0.717, 1.165) is 10.6 Å². The zero-order chi connectivity index (χ0) is 32.4. The summed E-state index contributed by atoms with van der Waals surface area (Å²) in [6.07, 6.45) is -5.56.